The Morgan fingerprint density at radius 2 is 1.90 bits per heavy atom. The predicted molar refractivity (Wildman–Crippen MR) is 82.1 cm³/mol. The summed E-state index contributed by atoms with van der Waals surface area (Å²) >= 11 is 0. The second kappa shape index (κ2) is 7.12. The number of nitrogens with one attached hydrogen (secondary N) is 1. The largest absolute Gasteiger partial charge is 0.326 e. The Labute approximate surface area is 120 Å². The van der Waals surface area contributed by atoms with E-state index in [1.165, 1.54) is 0 Å². The van der Waals surface area contributed by atoms with Crippen molar-refractivity contribution >= 4 is 11.6 Å². The molecule has 0 heterocycles. The smallest absolute Gasteiger partial charge is 0.227 e. The first-order valence-electron chi connectivity index (χ1n) is 7.29. The fourth-order valence-electron chi connectivity index (χ4n) is 2.56. The molecule has 0 spiro atoms. The second-order valence-corrected chi connectivity index (χ2v) is 5.53. The van der Waals surface area contributed by atoms with Crippen LogP contribution in [0.25, 0.3) is 0 Å². The molecule has 1 aromatic rings. The molecule has 20 heavy (non-hydrogen) atoms. The van der Waals surface area contributed by atoms with E-state index < -0.39 is 0 Å². The lowest BCUT2D eigenvalue weighted by Crippen LogP contribution is -2.26. The van der Waals surface area contributed by atoms with Crippen molar-refractivity contribution in [3.8, 4) is 11.8 Å². The molecule has 1 aliphatic carbocycles. The van der Waals surface area contributed by atoms with E-state index in [4.69, 9.17) is 5.73 Å². The molecular weight excluding hydrogens is 248 g/mol. The lowest BCUT2D eigenvalue weighted by molar-refractivity contribution is -0.121. The Kier molecular flexibility index (Phi) is 5.20. The van der Waals surface area contributed by atoms with Crippen LogP contribution in [0.5, 0.6) is 0 Å². The third-order valence-electron chi connectivity index (χ3n) is 3.87. The van der Waals surface area contributed by atoms with E-state index in [-0.39, 0.29) is 11.8 Å². The number of amides is 1. The van der Waals surface area contributed by atoms with Crippen LogP contribution in [-0.2, 0) is 4.79 Å². The number of anilines is 1. The molecule has 3 heteroatoms. The Hall–Kier alpha value is -1.79. The minimum Gasteiger partial charge on any atom is -0.326 e. The number of nitrogens with two attached hydrogens (primary N) is 1. The lowest BCUT2D eigenvalue weighted by atomic mass is 9.82. The van der Waals surface area contributed by atoms with Gasteiger partial charge in [-0.05, 0) is 55.9 Å². The first-order valence-corrected chi connectivity index (χ1v) is 7.29. The average molecular weight is 270 g/mol. The van der Waals surface area contributed by atoms with Crippen LogP contribution in [0.4, 0.5) is 5.69 Å². The summed E-state index contributed by atoms with van der Waals surface area (Å²) in [5.74, 6) is 6.86. The monoisotopic (exact) mass is 270 g/mol. The predicted octanol–water partition coefficient (Wildman–Crippen LogP) is 2.76. The van der Waals surface area contributed by atoms with Crippen molar-refractivity contribution in [1.29, 1.82) is 0 Å². The molecular formula is C17H22N2O. The standard InChI is InChI=1S/C17H22N2O/c1-13-4-8-15(9-5-13)17(20)19-16-10-6-14(7-11-16)3-2-12-18/h6-7,10-11,13,15H,4-5,8-9,12,18H2,1H3,(H,19,20). The van der Waals surface area contributed by atoms with E-state index in [1.807, 2.05) is 24.3 Å². The van der Waals surface area contributed by atoms with Crippen molar-refractivity contribution in [2.24, 2.45) is 17.6 Å². The fourth-order valence-corrected chi connectivity index (χ4v) is 2.56. The van der Waals surface area contributed by atoms with Crippen molar-refractivity contribution < 1.29 is 4.79 Å². The molecule has 0 bridgehead atoms. The Balaban J connectivity index is 1.91. The number of carbonyl (C=O) groups is 1. The van der Waals surface area contributed by atoms with Gasteiger partial charge in [0.1, 0.15) is 0 Å². The maximum absolute atomic E-state index is 12.2. The average Bonchev–Trinajstić information content (AvgIpc) is 2.47. The summed E-state index contributed by atoms with van der Waals surface area (Å²) < 4.78 is 0. The molecule has 106 valence electrons. The maximum atomic E-state index is 12.2. The molecule has 1 aromatic carbocycles. The van der Waals surface area contributed by atoms with E-state index >= 15 is 0 Å². The lowest BCUT2D eigenvalue weighted by Gasteiger charge is -2.25. The summed E-state index contributed by atoms with van der Waals surface area (Å²) in [6.07, 6.45) is 4.33. The van der Waals surface area contributed by atoms with Gasteiger partial charge in [0.2, 0.25) is 5.91 Å². The minimum absolute atomic E-state index is 0.151. The van der Waals surface area contributed by atoms with Crippen LogP contribution in [0.3, 0.4) is 0 Å². The van der Waals surface area contributed by atoms with Gasteiger partial charge in [-0.15, -0.1) is 0 Å². The molecule has 2 rings (SSSR count). The van der Waals surface area contributed by atoms with Crippen LogP contribution in [0.2, 0.25) is 0 Å². The van der Waals surface area contributed by atoms with Crippen LogP contribution in [-0.4, -0.2) is 12.5 Å². The van der Waals surface area contributed by atoms with Crippen molar-refractivity contribution in [3.63, 3.8) is 0 Å². The molecule has 0 saturated heterocycles. The zero-order chi connectivity index (χ0) is 14.4. The van der Waals surface area contributed by atoms with Gasteiger partial charge >= 0.3 is 0 Å². The molecule has 0 atom stereocenters. The number of hydrogen-bond donors (Lipinski definition) is 2. The molecule has 1 aliphatic rings. The molecule has 1 fully saturated rings. The minimum atomic E-state index is 0.151. The quantitative estimate of drug-likeness (QED) is 0.812. The van der Waals surface area contributed by atoms with Gasteiger partial charge in [-0.1, -0.05) is 18.8 Å². The Bertz CT molecular complexity index is 502. The van der Waals surface area contributed by atoms with E-state index in [9.17, 15) is 4.79 Å². The van der Waals surface area contributed by atoms with Gasteiger partial charge in [0.05, 0.1) is 6.54 Å². The number of benzene rings is 1. The van der Waals surface area contributed by atoms with E-state index in [1.54, 1.807) is 0 Å². The van der Waals surface area contributed by atoms with Crippen LogP contribution in [0, 0.1) is 23.7 Å². The summed E-state index contributed by atoms with van der Waals surface area (Å²) in [6.45, 7) is 2.62. The zero-order valence-corrected chi connectivity index (χ0v) is 12.0. The summed E-state index contributed by atoms with van der Waals surface area (Å²) in [5.41, 5.74) is 7.09. The molecule has 0 aliphatic heterocycles. The maximum Gasteiger partial charge on any atom is 0.227 e. The molecule has 3 nitrogen and oxygen atoms in total. The fraction of sp³-hybridized carbons (Fsp3) is 0.471. The van der Waals surface area contributed by atoms with Gasteiger partial charge in [-0.2, -0.15) is 0 Å². The summed E-state index contributed by atoms with van der Waals surface area (Å²) in [5, 5.41) is 3.00. The Morgan fingerprint density at radius 3 is 2.50 bits per heavy atom. The summed E-state index contributed by atoms with van der Waals surface area (Å²) in [7, 11) is 0. The van der Waals surface area contributed by atoms with Crippen LogP contribution < -0.4 is 11.1 Å². The van der Waals surface area contributed by atoms with E-state index in [0.29, 0.717) is 6.54 Å². The molecule has 0 aromatic heterocycles. The highest BCUT2D eigenvalue weighted by atomic mass is 16.1. The van der Waals surface area contributed by atoms with Gasteiger partial charge in [-0.3, -0.25) is 4.79 Å². The third-order valence-corrected chi connectivity index (χ3v) is 3.87. The van der Waals surface area contributed by atoms with Crippen LogP contribution >= 0.6 is 0 Å². The van der Waals surface area contributed by atoms with Crippen LogP contribution in [0.1, 0.15) is 38.2 Å². The molecule has 0 radical (unpaired) electrons. The summed E-state index contributed by atoms with van der Waals surface area (Å²) in [6, 6.07) is 7.59. The van der Waals surface area contributed by atoms with Gasteiger partial charge in [0.15, 0.2) is 0 Å². The van der Waals surface area contributed by atoms with Crippen molar-refractivity contribution in [2.75, 3.05) is 11.9 Å². The highest BCUT2D eigenvalue weighted by Crippen LogP contribution is 2.29. The van der Waals surface area contributed by atoms with Gasteiger partial charge in [0, 0.05) is 17.2 Å². The van der Waals surface area contributed by atoms with Gasteiger partial charge in [-0.25, -0.2) is 0 Å². The van der Waals surface area contributed by atoms with Crippen LogP contribution in [0.15, 0.2) is 24.3 Å². The SMILES string of the molecule is CC1CCC(C(=O)Nc2ccc(C#CCN)cc2)CC1. The normalized spacial score (nSPS) is 21.7. The number of rotatable bonds is 2. The summed E-state index contributed by atoms with van der Waals surface area (Å²) in [4.78, 5) is 12.2. The van der Waals surface area contributed by atoms with Crippen molar-refractivity contribution in [1.82, 2.24) is 0 Å². The van der Waals surface area contributed by atoms with Crippen molar-refractivity contribution in [2.45, 2.75) is 32.6 Å². The van der Waals surface area contributed by atoms with Crippen molar-refractivity contribution in [3.05, 3.63) is 29.8 Å². The number of carbonyl (C=O) groups excluding carboxylic acids is 1. The van der Waals surface area contributed by atoms with Gasteiger partial charge < -0.3 is 11.1 Å². The number of hydrogen-bond acceptors (Lipinski definition) is 2. The highest BCUT2D eigenvalue weighted by Gasteiger charge is 2.24. The zero-order valence-electron chi connectivity index (χ0n) is 12.0. The molecule has 0 unspecified atom stereocenters. The molecule has 1 saturated carbocycles. The molecule has 3 N–H and O–H groups in total. The first-order chi connectivity index (χ1) is 9.69. The highest BCUT2D eigenvalue weighted by molar-refractivity contribution is 5.92. The van der Waals surface area contributed by atoms with E-state index in [0.717, 1.165) is 42.9 Å². The second-order valence-electron chi connectivity index (χ2n) is 5.53. The first kappa shape index (κ1) is 14.6. The Morgan fingerprint density at radius 1 is 1.25 bits per heavy atom. The topological polar surface area (TPSA) is 55.1 Å². The van der Waals surface area contributed by atoms with E-state index in [2.05, 4.69) is 24.1 Å². The third kappa shape index (κ3) is 4.11. The van der Waals surface area contributed by atoms with Gasteiger partial charge in [0.25, 0.3) is 0 Å². The molecule has 1 amide bonds.